The lowest BCUT2D eigenvalue weighted by Crippen LogP contribution is -2.23. The van der Waals surface area contributed by atoms with E-state index >= 15 is 0 Å². The number of hydrogen-bond donors (Lipinski definition) is 0. The first-order valence-electron chi connectivity index (χ1n) is 10.0. The molecular formula is C22H20N6O2S. The molecule has 0 bridgehead atoms. The summed E-state index contributed by atoms with van der Waals surface area (Å²) in [5.74, 6) is 1.98. The molecule has 0 atom stereocenters. The van der Waals surface area contributed by atoms with E-state index in [1.165, 1.54) is 17.3 Å². The third kappa shape index (κ3) is 3.50. The normalized spacial score (nSPS) is 11.5. The van der Waals surface area contributed by atoms with Crippen molar-refractivity contribution in [3.63, 3.8) is 0 Å². The summed E-state index contributed by atoms with van der Waals surface area (Å²) in [6, 6.07) is 15.5. The number of aryl methyl sites for hydroxylation is 2. The second-order valence-corrected chi connectivity index (χ2v) is 8.19. The van der Waals surface area contributed by atoms with Crippen LogP contribution in [0.4, 0.5) is 0 Å². The van der Waals surface area contributed by atoms with Gasteiger partial charge in [0.05, 0.1) is 16.7 Å². The third-order valence-electron chi connectivity index (χ3n) is 5.02. The first-order chi connectivity index (χ1) is 15.2. The van der Waals surface area contributed by atoms with Gasteiger partial charge < -0.3 is 4.42 Å². The molecule has 0 saturated heterocycles. The predicted octanol–water partition coefficient (Wildman–Crippen LogP) is 4.10. The summed E-state index contributed by atoms with van der Waals surface area (Å²) in [5, 5.41) is 18.3. The summed E-state index contributed by atoms with van der Waals surface area (Å²) >= 11 is 1.45. The molecule has 0 radical (unpaired) electrons. The van der Waals surface area contributed by atoms with E-state index in [0.29, 0.717) is 40.4 Å². The molecule has 156 valence electrons. The minimum absolute atomic E-state index is 0.0476. The molecule has 0 amide bonds. The van der Waals surface area contributed by atoms with E-state index in [2.05, 4.69) is 20.4 Å². The van der Waals surface area contributed by atoms with Gasteiger partial charge in [-0.3, -0.25) is 13.8 Å². The molecule has 8 nitrogen and oxygen atoms in total. The molecule has 0 aliphatic rings. The SMILES string of the molecule is CCCn1c(=O)c2ccccc2n2c(SCc3nnc(-c4ccc(C)cc4)o3)nnc12. The zero-order valence-corrected chi connectivity index (χ0v) is 18.0. The van der Waals surface area contributed by atoms with Crippen molar-refractivity contribution in [1.29, 1.82) is 0 Å². The van der Waals surface area contributed by atoms with Gasteiger partial charge in [0.15, 0.2) is 5.16 Å². The van der Waals surface area contributed by atoms with Crippen molar-refractivity contribution in [1.82, 2.24) is 29.4 Å². The number of rotatable bonds is 6. The third-order valence-corrected chi connectivity index (χ3v) is 5.93. The Kier molecular flexibility index (Phi) is 5.03. The van der Waals surface area contributed by atoms with E-state index in [9.17, 15) is 4.79 Å². The predicted molar refractivity (Wildman–Crippen MR) is 119 cm³/mol. The molecule has 5 aromatic rings. The van der Waals surface area contributed by atoms with Crippen molar-refractivity contribution in [2.75, 3.05) is 0 Å². The molecular weight excluding hydrogens is 412 g/mol. The molecule has 5 rings (SSSR count). The zero-order valence-electron chi connectivity index (χ0n) is 17.1. The van der Waals surface area contributed by atoms with E-state index < -0.39 is 0 Å². The minimum Gasteiger partial charge on any atom is -0.420 e. The lowest BCUT2D eigenvalue weighted by atomic mass is 10.1. The maximum Gasteiger partial charge on any atom is 0.262 e. The van der Waals surface area contributed by atoms with Crippen LogP contribution in [0.2, 0.25) is 0 Å². The van der Waals surface area contributed by atoms with E-state index in [1.54, 1.807) is 4.57 Å². The van der Waals surface area contributed by atoms with Gasteiger partial charge in [-0.25, -0.2) is 0 Å². The molecule has 0 aliphatic heterocycles. The van der Waals surface area contributed by atoms with Crippen LogP contribution in [0, 0.1) is 6.92 Å². The molecule has 0 spiro atoms. The summed E-state index contributed by atoms with van der Waals surface area (Å²) in [6.07, 6.45) is 0.826. The molecule has 31 heavy (non-hydrogen) atoms. The standard InChI is InChI=1S/C22H20N6O2S/c1-3-12-27-20(29)16-6-4-5-7-17(16)28-21(27)25-26-22(28)31-13-18-23-24-19(30-18)15-10-8-14(2)9-11-15/h4-11H,3,12-13H2,1-2H3. The highest BCUT2D eigenvalue weighted by molar-refractivity contribution is 7.98. The second-order valence-electron chi connectivity index (χ2n) is 7.25. The van der Waals surface area contributed by atoms with Crippen molar-refractivity contribution in [3.8, 4) is 11.5 Å². The fourth-order valence-corrected chi connectivity index (χ4v) is 4.28. The van der Waals surface area contributed by atoms with Crippen LogP contribution in [0.5, 0.6) is 0 Å². The fourth-order valence-electron chi connectivity index (χ4n) is 3.50. The number of aromatic nitrogens is 6. The average Bonchev–Trinajstić information content (AvgIpc) is 3.43. The molecule has 0 saturated carbocycles. The highest BCUT2D eigenvalue weighted by Gasteiger charge is 2.17. The molecule has 3 aromatic heterocycles. The smallest absolute Gasteiger partial charge is 0.262 e. The largest absolute Gasteiger partial charge is 0.420 e. The maximum absolute atomic E-state index is 12.9. The van der Waals surface area contributed by atoms with Crippen molar-refractivity contribution in [3.05, 3.63) is 70.3 Å². The Morgan fingerprint density at radius 3 is 2.61 bits per heavy atom. The van der Waals surface area contributed by atoms with Crippen LogP contribution in [0.1, 0.15) is 24.8 Å². The zero-order chi connectivity index (χ0) is 21.4. The van der Waals surface area contributed by atoms with E-state index in [4.69, 9.17) is 4.42 Å². The summed E-state index contributed by atoms with van der Waals surface area (Å²) in [5.41, 5.74) is 2.80. The fraction of sp³-hybridized carbons (Fsp3) is 0.227. The molecule has 0 N–H and O–H groups in total. The van der Waals surface area contributed by atoms with Crippen LogP contribution in [0.3, 0.4) is 0 Å². The van der Waals surface area contributed by atoms with Crippen molar-refractivity contribution in [2.24, 2.45) is 0 Å². The van der Waals surface area contributed by atoms with Crippen LogP contribution in [0.25, 0.3) is 28.1 Å². The van der Waals surface area contributed by atoms with E-state index in [1.807, 2.05) is 66.8 Å². The Labute approximate surface area is 181 Å². The van der Waals surface area contributed by atoms with Crippen molar-refractivity contribution >= 4 is 28.4 Å². The Balaban J connectivity index is 1.49. The van der Waals surface area contributed by atoms with Crippen molar-refractivity contribution in [2.45, 2.75) is 37.7 Å². The summed E-state index contributed by atoms with van der Waals surface area (Å²) < 4.78 is 9.44. The van der Waals surface area contributed by atoms with Gasteiger partial charge in [0.2, 0.25) is 17.6 Å². The Hall–Kier alpha value is -3.46. The van der Waals surface area contributed by atoms with Gasteiger partial charge in [-0.2, -0.15) is 0 Å². The van der Waals surface area contributed by atoms with Gasteiger partial charge in [0.25, 0.3) is 5.56 Å². The Morgan fingerprint density at radius 2 is 1.81 bits per heavy atom. The van der Waals surface area contributed by atoms with Gasteiger partial charge in [-0.05, 0) is 37.6 Å². The topological polar surface area (TPSA) is 91.1 Å². The number of benzene rings is 2. The summed E-state index contributed by atoms with van der Waals surface area (Å²) in [6.45, 7) is 4.65. The second kappa shape index (κ2) is 7.99. The van der Waals surface area contributed by atoms with Crippen LogP contribution >= 0.6 is 11.8 Å². The first kappa shape index (κ1) is 19.5. The van der Waals surface area contributed by atoms with Crippen LogP contribution in [-0.2, 0) is 12.3 Å². The average molecular weight is 433 g/mol. The van der Waals surface area contributed by atoms with Crippen LogP contribution < -0.4 is 5.56 Å². The van der Waals surface area contributed by atoms with Gasteiger partial charge in [0, 0.05) is 12.1 Å². The Bertz CT molecular complexity index is 1430. The Morgan fingerprint density at radius 1 is 1.00 bits per heavy atom. The highest BCUT2D eigenvalue weighted by Crippen LogP contribution is 2.26. The molecule has 0 fully saturated rings. The first-order valence-corrected chi connectivity index (χ1v) is 11.0. The minimum atomic E-state index is -0.0476. The van der Waals surface area contributed by atoms with Gasteiger partial charge in [-0.15, -0.1) is 20.4 Å². The lowest BCUT2D eigenvalue weighted by Gasteiger charge is -2.10. The van der Waals surface area contributed by atoms with Crippen LogP contribution in [0.15, 0.2) is 62.9 Å². The van der Waals surface area contributed by atoms with Gasteiger partial charge in [-0.1, -0.05) is 48.5 Å². The number of nitrogens with zero attached hydrogens (tertiary/aromatic N) is 6. The highest BCUT2D eigenvalue weighted by atomic mass is 32.2. The molecule has 2 aromatic carbocycles. The van der Waals surface area contributed by atoms with Gasteiger partial charge in [0.1, 0.15) is 0 Å². The summed E-state index contributed by atoms with van der Waals surface area (Å²) in [7, 11) is 0. The number of fused-ring (bicyclic) bond motifs is 3. The lowest BCUT2D eigenvalue weighted by molar-refractivity contribution is 0.528. The monoisotopic (exact) mass is 432 g/mol. The van der Waals surface area contributed by atoms with Gasteiger partial charge >= 0.3 is 0 Å². The molecule has 9 heteroatoms. The molecule has 0 unspecified atom stereocenters. The number of para-hydroxylation sites is 1. The molecule has 3 heterocycles. The van der Waals surface area contributed by atoms with Crippen LogP contribution in [-0.4, -0.2) is 29.4 Å². The van der Waals surface area contributed by atoms with E-state index in [0.717, 1.165) is 17.5 Å². The molecule has 0 aliphatic carbocycles. The number of hydrogen-bond acceptors (Lipinski definition) is 7. The van der Waals surface area contributed by atoms with Crippen molar-refractivity contribution < 1.29 is 4.42 Å². The maximum atomic E-state index is 12.9. The quantitative estimate of drug-likeness (QED) is 0.373. The summed E-state index contributed by atoms with van der Waals surface area (Å²) in [4.78, 5) is 12.9. The van der Waals surface area contributed by atoms with E-state index in [-0.39, 0.29) is 5.56 Å². The number of thioether (sulfide) groups is 1.